The molecular weight excluding hydrogens is 550 g/mol. The van der Waals surface area contributed by atoms with Gasteiger partial charge in [-0.2, -0.15) is 0 Å². The zero-order chi connectivity index (χ0) is 30.0. The van der Waals surface area contributed by atoms with Gasteiger partial charge in [0, 0.05) is 25.1 Å². The zero-order valence-corrected chi connectivity index (χ0v) is 22.4. The first kappa shape index (κ1) is 28.5. The molecule has 13 nitrogen and oxygen atoms in total. The van der Waals surface area contributed by atoms with Crippen LogP contribution in [0.4, 0.5) is 10.5 Å². The Bertz CT molecular complexity index is 1410. The third kappa shape index (κ3) is 5.57. The Balaban J connectivity index is 1.19. The summed E-state index contributed by atoms with van der Waals surface area (Å²) in [5, 5.41) is 13.7. The number of nitro groups is 1. The van der Waals surface area contributed by atoms with Crippen molar-refractivity contribution in [3.63, 3.8) is 0 Å². The lowest BCUT2D eigenvalue weighted by molar-refractivity contribution is -0.384. The van der Waals surface area contributed by atoms with Crippen molar-refractivity contribution in [1.82, 2.24) is 10.4 Å². The first-order valence-electron chi connectivity index (χ1n) is 13.3. The minimum atomic E-state index is -1.57. The van der Waals surface area contributed by atoms with Crippen molar-refractivity contribution < 1.29 is 43.2 Å². The third-order valence-electron chi connectivity index (χ3n) is 7.85. The fourth-order valence-electron chi connectivity index (χ4n) is 5.71. The summed E-state index contributed by atoms with van der Waals surface area (Å²) in [6.07, 6.45) is 1.16. The van der Waals surface area contributed by atoms with Crippen LogP contribution in [-0.4, -0.2) is 52.5 Å². The number of hydrogen-bond donors (Lipinski definition) is 1. The molecule has 1 saturated heterocycles. The van der Waals surface area contributed by atoms with Gasteiger partial charge in [0.2, 0.25) is 6.10 Å². The SMILES string of the molecule is CC1C2C=CC1[C@@H]1C(=O)N(OC(=O)[C@@H](CCNC(=O)OCc3ccc([N+](=O)[O-])cc3)OC(=O)c3ccccc3)C(=O)[C@H]21. The monoisotopic (exact) mass is 577 g/mol. The molecule has 1 N–H and O–H groups in total. The highest BCUT2D eigenvalue weighted by molar-refractivity contribution is 6.06. The number of nitro benzene ring substituents is 1. The number of hydroxylamine groups is 2. The summed E-state index contributed by atoms with van der Waals surface area (Å²) in [4.78, 5) is 79.6. The van der Waals surface area contributed by atoms with Crippen LogP contribution in [0.3, 0.4) is 0 Å². The predicted molar refractivity (Wildman–Crippen MR) is 142 cm³/mol. The third-order valence-corrected chi connectivity index (χ3v) is 7.85. The van der Waals surface area contributed by atoms with Gasteiger partial charge in [-0.3, -0.25) is 19.7 Å². The van der Waals surface area contributed by atoms with Crippen LogP contribution in [0.25, 0.3) is 0 Å². The maximum absolute atomic E-state index is 13.1. The van der Waals surface area contributed by atoms with Gasteiger partial charge in [0.15, 0.2) is 0 Å². The molecule has 1 aliphatic heterocycles. The molecule has 1 saturated carbocycles. The van der Waals surface area contributed by atoms with Crippen molar-refractivity contribution in [3.05, 3.63) is 88.0 Å². The van der Waals surface area contributed by atoms with Crippen LogP contribution in [0.2, 0.25) is 0 Å². The van der Waals surface area contributed by atoms with Gasteiger partial charge >= 0.3 is 18.0 Å². The van der Waals surface area contributed by atoms with E-state index in [1.165, 1.54) is 36.4 Å². The normalized spacial score (nSPS) is 24.2. The Morgan fingerprint density at radius 2 is 1.60 bits per heavy atom. The Kier molecular flexibility index (Phi) is 8.00. The molecular formula is C29H27N3O10. The van der Waals surface area contributed by atoms with Gasteiger partial charge < -0.3 is 19.6 Å². The number of esters is 1. The van der Waals surface area contributed by atoms with E-state index in [2.05, 4.69) is 5.32 Å². The molecule has 3 amide bonds. The van der Waals surface area contributed by atoms with Crippen molar-refractivity contribution in [2.75, 3.05) is 6.54 Å². The minimum absolute atomic E-state index is 0.106. The van der Waals surface area contributed by atoms with E-state index in [1.807, 2.05) is 19.1 Å². The molecule has 3 aliphatic rings. The molecule has 2 aromatic rings. The summed E-state index contributed by atoms with van der Waals surface area (Å²) in [6, 6.07) is 13.3. The number of rotatable bonds is 10. The second kappa shape index (κ2) is 11.8. The molecule has 0 spiro atoms. The van der Waals surface area contributed by atoms with Gasteiger partial charge in [-0.1, -0.05) is 37.3 Å². The van der Waals surface area contributed by atoms with Crippen LogP contribution in [-0.2, 0) is 35.3 Å². The fraction of sp³-hybridized carbons (Fsp3) is 0.345. The maximum atomic E-state index is 13.1. The van der Waals surface area contributed by atoms with Crippen LogP contribution >= 0.6 is 0 Å². The summed E-state index contributed by atoms with van der Waals surface area (Å²) in [6.45, 7) is 1.61. The maximum Gasteiger partial charge on any atom is 0.407 e. The summed E-state index contributed by atoms with van der Waals surface area (Å²) in [5.41, 5.74) is 0.562. The van der Waals surface area contributed by atoms with E-state index in [4.69, 9.17) is 14.3 Å². The largest absolute Gasteiger partial charge is 0.447 e. The first-order chi connectivity index (χ1) is 20.2. The number of hydrogen-bond acceptors (Lipinski definition) is 10. The van der Waals surface area contributed by atoms with Crippen LogP contribution in [0.5, 0.6) is 0 Å². The molecule has 2 fully saturated rings. The lowest BCUT2D eigenvalue weighted by atomic mass is 9.85. The van der Waals surface area contributed by atoms with Gasteiger partial charge in [0.05, 0.1) is 22.3 Å². The summed E-state index contributed by atoms with van der Waals surface area (Å²) < 4.78 is 10.5. The Morgan fingerprint density at radius 3 is 2.19 bits per heavy atom. The zero-order valence-electron chi connectivity index (χ0n) is 22.4. The smallest absolute Gasteiger partial charge is 0.407 e. The highest BCUT2D eigenvalue weighted by Crippen LogP contribution is 2.55. The van der Waals surface area contributed by atoms with E-state index in [9.17, 15) is 34.1 Å². The van der Waals surface area contributed by atoms with Crippen molar-refractivity contribution in [1.29, 1.82) is 0 Å². The van der Waals surface area contributed by atoms with Crippen LogP contribution < -0.4 is 5.32 Å². The van der Waals surface area contributed by atoms with Crippen LogP contribution in [0.15, 0.2) is 66.7 Å². The summed E-state index contributed by atoms with van der Waals surface area (Å²) >= 11 is 0. The second-order valence-electron chi connectivity index (χ2n) is 10.3. The number of benzene rings is 2. The standard InChI is InChI=1S/C29H27N3O10/c1-16-20-11-12-21(16)24-23(20)25(33)31(26(24)34)42-28(36)22(41-27(35)18-5-3-2-4-6-18)13-14-30-29(37)40-15-17-7-9-19(10-8-17)32(38)39/h2-12,16,20-24H,13-15H2,1H3,(H,30,37)/t16?,20?,21?,22-,23-,24+/m1/s1. The number of nitrogens with one attached hydrogen (secondary N) is 1. The number of amides is 3. The van der Waals surface area contributed by atoms with E-state index < -0.39 is 52.7 Å². The molecule has 13 heteroatoms. The lowest BCUT2D eigenvalue weighted by Gasteiger charge is -2.22. The summed E-state index contributed by atoms with van der Waals surface area (Å²) in [7, 11) is 0. The Labute approximate surface area is 239 Å². The number of ether oxygens (including phenoxy) is 2. The number of carbonyl (C=O) groups excluding carboxylic acids is 5. The van der Waals surface area contributed by atoms with Gasteiger partial charge in [0.25, 0.3) is 17.5 Å². The number of nitrogens with zero attached hydrogens (tertiary/aromatic N) is 2. The molecule has 3 unspecified atom stereocenters. The van der Waals surface area contributed by atoms with Gasteiger partial charge in [-0.15, -0.1) is 5.06 Å². The van der Waals surface area contributed by atoms with E-state index >= 15 is 0 Å². The van der Waals surface area contributed by atoms with Gasteiger partial charge in [0.1, 0.15) is 6.61 Å². The highest BCUT2D eigenvalue weighted by Gasteiger charge is 2.63. The average molecular weight is 578 g/mol. The van der Waals surface area contributed by atoms with Gasteiger partial charge in [-0.05, 0) is 47.6 Å². The average Bonchev–Trinajstić information content (AvgIpc) is 3.58. The van der Waals surface area contributed by atoms with Crippen LogP contribution in [0.1, 0.15) is 29.3 Å². The molecule has 42 heavy (non-hydrogen) atoms. The van der Waals surface area contributed by atoms with E-state index in [-0.39, 0.29) is 48.6 Å². The lowest BCUT2D eigenvalue weighted by Crippen LogP contribution is -2.41. The first-order valence-corrected chi connectivity index (χ1v) is 13.3. The van der Waals surface area contributed by atoms with Crippen molar-refractivity contribution in [2.45, 2.75) is 26.1 Å². The molecule has 2 bridgehead atoms. The number of non-ortho nitro benzene ring substituents is 1. The van der Waals surface area contributed by atoms with Crippen LogP contribution in [0, 0.1) is 39.7 Å². The topological polar surface area (TPSA) is 171 Å². The van der Waals surface area contributed by atoms with E-state index in [0.29, 0.717) is 10.6 Å². The minimum Gasteiger partial charge on any atom is -0.447 e. The van der Waals surface area contributed by atoms with Crippen molar-refractivity contribution >= 4 is 35.5 Å². The number of alkyl carbamates (subject to hydrolysis) is 1. The fourth-order valence-corrected chi connectivity index (χ4v) is 5.71. The molecule has 6 atom stereocenters. The predicted octanol–water partition coefficient (Wildman–Crippen LogP) is 2.95. The molecule has 1 heterocycles. The Morgan fingerprint density at radius 1 is 0.976 bits per heavy atom. The van der Waals surface area contributed by atoms with Crippen molar-refractivity contribution in [3.8, 4) is 0 Å². The number of imide groups is 1. The summed E-state index contributed by atoms with van der Waals surface area (Å²) in [5.74, 6) is -4.51. The van der Waals surface area contributed by atoms with Gasteiger partial charge in [-0.25, -0.2) is 14.4 Å². The number of allylic oxidation sites excluding steroid dienone is 2. The number of fused-ring (bicyclic) bond motifs is 5. The molecule has 0 radical (unpaired) electrons. The second-order valence-corrected chi connectivity index (χ2v) is 10.3. The molecule has 2 aromatic carbocycles. The van der Waals surface area contributed by atoms with E-state index in [1.54, 1.807) is 18.2 Å². The van der Waals surface area contributed by atoms with Crippen molar-refractivity contribution in [2.24, 2.45) is 29.6 Å². The Hall–Kier alpha value is -5.07. The number of carbonyl (C=O) groups is 5. The molecule has 218 valence electrons. The van der Waals surface area contributed by atoms with E-state index in [0.717, 1.165) is 0 Å². The quantitative estimate of drug-likeness (QED) is 0.145. The molecule has 5 rings (SSSR count). The molecule has 2 aliphatic carbocycles. The molecule has 0 aromatic heterocycles. The highest BCUT2D eigenvalue weighted by atomic mass is 16.7.